The lowest BCUT2D eigenvalue weighted by molar-refractivity contribution is -0.144. The maximum Gasteiger partial charge on any atom is 0.270 e. The summed E-state index contributed by atoms with van der Waals surface area (Å²) in [6.45, 7) is 5.54. The molecule has 4 unspecified atom stereocenters. The molecule has 6 rings (SSSR count). The first-order chi connectivity index (χ1) is 16.0. The molecule has 2 amide bonds. The molecule has 5 heterocycles. The number of amides is 2. The van der Waals surface area contributed by atoms with Gasteiger partial charge in [0.05, 0.1) is 31.5 Å². The van der Waals surface area contributed by atoms with E-state index < -0.39 is 5.91 Å². The average molecular weight is 454 g/mol. The second-order valence-corrected chi connectivity index (χ2v) is 9.21. The smallest absolute Gasteiger partial charge is 0.270 e. The van der Waals surface area contributed by atoms with Gasteiger partial charge in [0, 0.05) is 38.8 Å². The van der Waals surface area contributed by atoms with Crippen molar-refractivity contribution in [1.29, 1.82) is 0 Å². The molecule has 10 heteroatoms. The maximum absolute atomic E-state index is 13.4. The van der Waals surface area contributed by atoms with Crippen molar-refractivity contribution in [3.05, 3.63) is 36.2 Å². The molecule has 1 aromatic heterocycles. The number of nitrogens with two attached hydrogens (primary N) is 1. The molecule has 4 atom stereocenters. The maximum atomic E-state index is 13.4. The number of nitrogens with zero attached hydrogens (tertiary/aromatic N) is 6. The van der Waals surface area contributed by atoms with Crippen LogP contribution in [0.3, 0.4) is 0 Å². The van der Waals surface area contributed by atoms with Gasteiger partial charge in [-0.05, 0) is 37.4 Å². The zero-order chi connectivity index (χ0) is 22.9. The Hall–Kier alpha value is -3.14. The SMILES string of the molecule is COc1ccccc1N1CCN(C(=O)C2CN3CCC2CC3Cn2cc(C(N)=O)nn2)CC1. The van der Waals surface area contributed by atoms with Crippen molar-refractivity contribution in [2.24, 2.45) is 17.6 Å². The normalized spacial score (nSPS) is 26.9. The minimum absolute atomic E-state index is 0.0599. The second-order valence-electron chi connectivity index (χ2n) is 9.21. The molecule has 1 aromatic carbocycles. The zero-order valence-electron chi connectivity index (χ0n) is 19.0. The molecule has 0 spiro atoms. The van der Waals surface area contributed by atoms with Gasteiger partial charge in [0.25, 0.3) is 5.91 Å². The fourth-order valence-electron chi connectivity index (χ4n) is 5.62. The molecule has 176 valence electrons. The molecule has 2 N–H and O–H groups in total. The zero-order valence-corrected chi connectivity index (χ0v) is 19.0. The van der Waals surface area contributed by atoms with Gasteiger partial charge in [-0.1, -0.05) is 17.3 Å². The van der Waals surface area contributed by atoms with Crippen molar-refractivity contribution >= 4 is 17.5 Å². The number of benzene rings is 1. The van der Waals surface area contributed by atoms with E-state index in [1.54, 1.807) is 18.0 Å². The number of aromatic nitrogens is 3. The minimum atomic E-state index is -0.566. The number of hydrogen-bond donors (Lipinski definition) is 1. The molecule has 0 aliphatic carbocycles. The summed E-state index contributed by atoms with van der Waals surface area (Å²) in [7, 11) is 1.69. The molecule has 4 aliphatic rings. The summed E-state index contributed by atoms with van der Waals surface area (Å²) in [4.78, 5) is 31.5. The van der Waals surface area contributed by atoms with Crippen LogP contribution in [0.1, 0.15) is 23.3 Å². The highest BCUT2D eigenvalue weighted by atomic mass is 16.5. The standard InChI is InChI=1S/C23H31N7O3/c1-33-21-5-3-2-4-20(21)27-8-10-28(11-9-27)23(32)18-14-29-7-6-16(18)12-17(29)13-30-15-19(22(24)31)25-26-30/h2-5,15-18H,6-14H2,1H3,(H2,24,31). The van der Waals surface area contributed by atoms with Crippen LogP contribution in [0.15, 0.2) is 30.5 Å². The molecule has 4 fully saturated rings. The quantitative estimate of drug-likeness (QED) is 0.676. The number of ether oxygens (including phenoxy) is 1. The summed E-state index contributed by atoms with van der Waals surface area (Å²) < 4.78 is 7.20. The molecule has 2 aromatic rings. The topological polar surface area (TPSA) is 110 Å². The van der Waals surface area contributed by atoms with E-state index in [9.17, 15) is 9.59 Å². The lowest BCUT2D eigenvalue weighted by Gasteiger charge is -2.50. The summed E-state index contributed by atoms with van der Waals surface area (Å²) in [5.41, 5.74) is 6.56. The Bertz CT molecular complexity index is 1020. The summed E-state index contributed by atoms with van der Waals surface area (Å²) in [5, 5.41) is 7.87. The van der Waals surface area contributed by atoms with Crippen LogP contribution in [0.25, 0.3) is 0 Å². The number of methoxy groups -OCH3 is 1. The van der Waals surface area contributed by atoms with Crippen molar-refractivity contribution in [1.82, 2.24) is 24.8 Å². The van der Waals surface area contributed by atoms with Crippen molar-refractivity contribution < 1.29 is 14.3 Å². The van der Waals surface area contributed by atoms with Crippen LogP contribution < -0.4 is 15.4 Å². The van der Waals surface area contributed by atoms with Gasteiger partial charge < -0.3 is 20.3 Å². The van der Waals surface area contributed by atoms with Crippen LogP contribution in [0.2, 0.25) is 0 Å². The van der Waals surface area contributed by atoms with Gasteiger partial charge >= 0.3 is 0 Å². The van der Waals surface area contributed by atoms with E-state index in [-0.39, 0.29) is 11.6 Å². The first kappa shape index (κ1) is 21.7. The Morgan fingerprint density at radius 1 is 1.15 bits per heavy atom. The van der Waals surface area contributed by atoms with Gasteiger partial charge in [0.15, 0.2) is 5.69 Å². The first-order valence-corrected chi connectivity index (χ1v) is 11.6. The van der Waals surface area contributed by atoms with E-state index in [4.69, 9.17) is 10.5 Å². The van der Waals surface area contributed by atoms with Crippen LogP contribution in [0.4, 0.5) is 5.69 Å². The predicted molar refractivity (Wildman–Crippen MR) is 122 cm³/mol. The number of piperazine rings is 1. The third-order valence-electron chi connectivity index (χ3n) is 7.40. The van der Waals surface area contributed by atoms with E-state index in [1.807, 2.05) is 23.1 Å². The molecule has 4 aliphatic heterocycles. The third-order valence-corrected chi connectivity index (χ3v) is 7.40. The van der Waals surface area contributed by atoms with Gasteiger partial charge in [0.2, 0.25) is 5.91 Å². The Morgan fingerprint density at radius 2 is 1.94 bits per heavy atom. The van der Waals surface area contributed by atoms with E-state index >= 15 is 0 Å². The Morgan fingerprint density at radius 3 is 2.61 bits per heavy atom. The number of primary amides is 1. The van der Waals surface area contributed by atoms with E-state index in [0.717, 1.165) is 63.5 Å². The third kappa shape index (κ3) is 4.27. The Balaban J connectivity index is 1.18. The first-order valence-electron chi connectivity index (χ1n) is 11.6. The number of para-hydroxylation sites is 2. The van der Waals surface area contributed by atoms with E-state index in [2.05, 4.69) is 26.2 Å². The van der Waals surface area contributed by atoms with E-state index in [0.29, 0.717) is 24.4 Å². The van der Waals surface area contributed by atoms with Crippen LogP contribution in [0, 0.1) is 11.8 Å². The lowest BCUT2D eigenvalue weighted by atomic mass is 9.75. The largest absolute Gasteiger partial charge is 0.495 e. The summed E-state index contributed by atoms with van der Waals surface area (Å²) in [5.74, 6) is 1.04. The number of rotatable bonds is 6. The number of carbonyl (C=O) groups excluding carboxylic acids is 2. The fraction of sp³-hybridized carbons (Fsp3) is 0.565. The summed E-state index contributed by atoms with van der Waals surface area (Å²) in [6.07, 6.45) is 3.62. The summed E-state index contributed by atoms with van der Waals surface area (Å²) in [6, 6.07) is 8.35. The number of piperidine rings is 3. The van der Waals surface area contributed by atoms with Crippen molar-refractivity contribution in [2.75, 3.05) is 51.3 Å². The average Bonchev–Trinajstić information content (AvgIpc) is 3.33. The van der Waals surface area contributed by atoms with Crippen LogP contribution in [0.5, 0.6) is 5.75 Å². The predicted octanol–water partition coefficient (Wildman–Crippen LogP) is 0.445. The highest BCUT2D eigenvalue weighted by Crippen LogP contribution is 2.38. The molecule has 0 saturated carbocycles. The molecule has 2 bridgehead atoms. The minimum Gasteiger partial charge on any atom is -0.495 e. The Kier molecular flexibility index (Phi) is 5.92. The number of anilines is 1. The number of carbonyl (C=O) groups is 2. The second kappa shape index (κ2) is 9.01. The number of hydrogen-bond acceptors (Lipinski definition) is 7. The molecular formula is C23H31N7O3. The monoisotopic (exact) mass is 453 g/mol. The van der Waals surface area contributed by atoms with Gasteiger partial charge in [-0.2, -0.15) is 0 Å². The van der Waals surface area contributed by atoms with Crippen LogP contribution >= 0.6 is 0 Å². The molecule has 10 nitrogen and oxygen atoms in total. The van der Waals surface area contributed by atoms with Crippen molar-refractivity contribution in [3.8, 4) is 5.75 Å². The van der Waals surface area contributed by atoms with Crippen LogP contribution in [-0.4, -0.2) is 89.0 Å². The number of fused-ring (bicyclic) bond motifs is 3. The summed E-state index contributed by atoms with van der Waals surface area (Å²) >= 11 is 0. The van der Waals surface area contributed by atoms with Crippen molar-refractivity contribution in [3.63, 3.8) is 0 Å². The lowest BCUT2D eigenvalue weighted by Crippen LogP contribution is -2.60. The fourth-order valence-corrected chi connectivity index (χ4v) is 5.62. The van der Waals surface area contributed by atoms with E-state index in [1.165, 1.54) is 0 Å². The van der Waals surface area contributed by atoms with Crippen LogP contribution in [-0.2, 0) is 11.3 Å². The molecular weight excluding hydrogens is 422 g/mol. The van der Waals surface area contributed by atoms with Gasteiger partial charge in [0.1, 0.15) is 5.75 Å². The highest BCUT2D eigenvalue weighted by molar-refractivity contribution is 5.90. The highest BCUT2D eigenvalue weighted by Gasteiger charge is 2.44. The molecule has 4 saturated heterocycles. The van der Waals surface area contributed by atoms with Gasteiger partial charge in [-0.15, -0.1) is 5.10 Å². The van der Waals surface area contributed by atoms with Gasteiger partial charge in [-0.3, -0.25) is 19.2 Å². The molecule has 0 radical (unpaired) electrons. The van der Waals surface area contributed by atoms with Gasteiger partial charge in [-0.25, -0.2) is 0 Å². The molecule has 33 heavy (non-hydrogen) atoms. The Labute approximate surface area is 193 Å². The van der Waals surface area contributed by atoms with Crippen molar-refractivity contribution in [2.45, 2.75) is 25.4 Å².